The maximum atomic E-state index is 12.8. The molecule has 1 aromatic carbocycles. The molecule has 0 N–H and O–H groups in total. The molecule has 3 rings (SSSR count). The number of aryl methyl sites for hydroxylation is 1. The number of hydroxylamine groups is 2. The molecule has 0 unspecified atom stereocenters. The molecule has 0 aliphatic heterocycles. The molecule has 2 amide bonds. The fraction of sp³-hybridized carbons (Fsp3) is 0.286. The van der Waals surface area contributed by atoms with Gasteiger partial charge in [-0.25, -0.2) is 4.98 Å². The highest BCUT2D eigenvalue weighted by molar-refractivity contribution is 9.10. The largest absolute Gasteiger partial charge is 0.485 e. The van der Waals surface area contributed by atoms with Gasteiger partial charge in [-0.3, -0.25) is 14.0 Å². The van der Waals surface area contributed by atoms with Gasteiger partial charge < -0.3 is 9.64 Å². The van der Waals surface area contributed by atoms with Crippen LogP contribution in [-0.4, -0.2) is 54.5 Å². The molecular formula is C21H21BrCl2N4O6S. The number of hydrogen-bond donors (Lipinski definition) is 0. The molecule has 0 fully saturated rings. The Bertz CT molecular complexity index is 1410. The van der Waals surface area contributed by atoms with E-state index in [0.29, 0.717) is 27.0 Å². The summed E-state index contributed by atoms with van der Waals surface area (Å²) < 4.78 is 36.0. The van der Waals surface area contributed by atoms with Crippen LogP contribution in [0.4, 0.5) is 5.69 Å². The van der Waals surface area contributed by atoms with E-state index in [4.69, 9.17) is 27.9 Å². The van der Waals surface area contributed by atoms with E-state index < -0.39 is 28.5 Å². The summed E-state index contributed by atoms with van der Waals surface area (Å²) in [5.74, 6) is -0.913. The van der Waals surface area contributed by atoms with Crippen molar-refractivity contribution in [1.82, 2.24) is 14.4 Å². The summed E-state index contributed by atoms with van der Waals surface area (Å²) in [6, 6.07) is 6.64. The number of anilines is 1. The smallest absolute Gasteiger partial charge is 0.285 e. The van der Waals surface area contributed by atoms with Crippen LogP contribution in [0.1, 0.15) is 18.2 Å². The quantitative estimate of drug-likeness (QED) is 0.356. The second kappa shape index (κ2) is 10.7. The molecule has 0 saturated heterocycles. The van der Waals surface area contributed by atoms with Crippen LogP contribution in [0.3, 0.4) is 0 Å². The van der Waals surface area contributed by atoms with E-state index in [1.54, 1.807) is 18.2 Å². The van der Waals surface area contributed by atoms with Gasteiger partial charge in [0, 0.05) is 30.8 Å². The Morgan fingerprint density at radius 3 is 2.54 bits per heavy atom. The third-order valence-corrected chi connectivity index (χ3v) is 7.03. The van der Waals surface area contributed by atoms with Gasteiger partial charge >= 0.3 is 0 Å². The van der Waals surface area contributed by atoms with E-state index >= 15 is 0 Å². The number of aromatic nitrogens is 2. The van der Waals surface area contributed by atoms with Crippen molar-refractivity contribution in [2.45, 2.75) is 20.5 Å². The summed E-state index contributed by atoms with van der Waals surface area (Å²) in [5.41, 5.74) is 2.09. The number of carbonyl (C=O) groups is 2. The fourth-order valence-corrected chi connectivity index (χ4v) is 4.55. The monoisotopic (exact) mass is 606 g/mol. The number of benzene rings is 1. The van der Waals surface area contributed by atoms with Crippen molar-refractivity contribution in [2.24, 2.45) is 0 Å². The number of imidazole rings is 1. The number of pyridine rings is 1. The molecule has 0 spiro atoms. The minimum Gasteiger partial charge on any atom is -0.485 e. The van der Waals surface area contributed by atoms with Crippen LogP contribution in [0, 0.1) is 6.92 Å². The third-order valence-electron chi connectivity index (χ3n) is 4.84. The highest BCUT2D eigenvalue weighted by Gasteiger charge is 2.24. The van der Waals surface area contributed by atoms with Crippen molar-refractivity contribution in [3.8, 4) is 5.75 Å². The summed E-state index contributed by atoms with van der Waals surface area (Å²) in [6.07, 6.45) is 2.61. The predicted octanol–water partition coefficient (Wildman–Crippen LogP) is 3.99. The average molecular weight is 608 g/mol. The van der Waals surface area contributed by atoms with E-state index in [9.17, 15) is 18.0 Å². The van der Waals surface area contributed by atoms with Gasteiger partial charge in [-0.1, -0.05) is 23.2 Å². The molecule has 35 heavy (non-hydrogen) atoms. The lowest BCUT2D eigenvalue weighted by Crippen LogP contribution is -2.41. The van der Waals surface area contributed by atoms with E-state index in [-0.39, 0.29) is 17.3 Å². The van der Waals surface area contributed by atoms with Crippen LogP contribution in [0.2, 0.25) is 10.0 Å². The molecular weight excluding hydrogens is 587 g/mol. The van der Waals surface area contributed by atoms with Gasteiger partial charge in [0.2, 0.25) is 11.8 Å². The van der Waals surface area contributed by atoms with Crippen LogP contribution in [0.15, 0.2) is 35.1 Å². The first-order valence-corrected chi connectivity index (χ1v) is 13.3. The molecule has 0 aliphatic rings. The maximum absolute atomic E-state index is 12.8. The molecule has 2 aromatic heterocycles. The second-order valence-corrected chi connectivity index (χ2v) is 10.6. The zero-order chi connectivity index (χ0) is 26.1. The predicted molar refractivity (Wildman–Crippen MR) is 135 cm³/mol. The number of carbonyl (C=O) groups excluding carboxylic acids is 2. The fourth-order valence-electron chi connectivity index (χ4n) is 3.08. The molecule has 0 aliphatic carbocycles. The Balaban J connectivity index is 1.84. The maximum Gasteiger partial charge on any atom is 0.285 e. The minimum absolute atomic E-state index is 0.0203. The zero-order valence-electron chi connectivity index (χ0n) is 19.1. The van der Waals surface area contributed by atoms with Crippen molar-refractivity contribution in [3.63, 3.8) is 0 Å². The van der Waals surface area contributed by atoms with E-state index in [2.05, 4.69) is 25.2 Å². The first-order chi connectivity index (χ1) is 16.3. The standard InChI is InChI=1S/C21H21BrCl2N4O6S/c1-12-20(22)27-9-5-6-17(21(27)25-12)33-11-14-15(23)7-8-16(19(14)24)26(3)18(30)10-28(13(2)29)34-35(4,31)32/h5-9H,10-11H2,1-4H3. The number of rotatable bonds is 8. The van der Waals surface area contributed by atoms with Gasteiger partial charge in [0.25, 0.3) is 10.1 Å². The second-order valence-electron chi connectivity index (χ2n) is 7.49. The van der Waals surface area contributed by atoms with Gasteiger partial charge in [0.05, 0.1) is 22.7 Å². The van der Waals surface area contributed by atoms with E-state index in [1.807, 2.05) is 17.5 Å². The first-order valence-electron chi connectivity index (χ1n) is 9.97. The van der Waals surface area contributed by atoms with Crippen molar-refractivity contribution >= 4 is 72.4 Å². The summed E-state index contributed by atoms with van der Waals surface area (Å²) in [6.45, 7) is 2.26. The highest BCUT2D eigenvalue weighted by Crippen LogP contribution is 2.35. The van der Waals surface area contributed by atoms with Crippen molar-refractivity contribution in [1.29, 1.82) is 0 Å². The number of likely N-dealkylation sites (N-methyl/N-ethyl adjacent to an activating group) is 1. The minimum atomic E-state index is -4.01. The SMILES string of the molecule is CC(=O)N(CC(=O)N(C)c1ccc(Cl)c(COc2cccn3c(Br)c(C)nc23)c1Cl)OS(C)(=O)=O. The normalized spacial score (nSPS) is 11.5. The number of nitrogens with zero attached hydrogens (tertiary/aromatic N) is 4. The number of hydrogen-bond acceptors (Lipinski definition) is 7. The summed E-state index contributed by atoms with van der Waals surface area (Å²) in [4.78, 5) is 30.1. The topological polar surface area (TPSA) is 111 Å². The average Bonchev–Trinajstić information content (AvgIpc) is 3.06. The lowest BCUT2D eigenvalue weighted by atomic mass is 10.2. The molecule has 3 aromatic rings. The molecule has 14 heteroatoms. The summed E-state index contributed by atoms with van der Waals surface area (Å²) in [7, 11) is -2.59. The van der Waals surface area contributed by atoms with E-state index in [0.717, 1.165) is 23.5 Å². The Labute approximate surface area is 220 Å². The first kappa shape index (κ1) is 27.2. The van der Waals surface area contributed by atoms with Crippen LogP contribution in [-0.2, 0) is 30.6 Å². The Kier molecular flexibility index (Phi) is 8.32. The van der Waals surface area contributed by atoms with Crippen LogP contribution >= 0.6 is 39.1 Å². The molecule has 10 nitrogen and oxygen atoms in total. The van der Waals surface area contributed by atoms with Crippen LogP contribution < -0.4 is 9.64 Å². The molecule has 0 bridgehead atoms. The van der Waals surface area contributed by atoms with Crippen molar-refractivity contribution in [2.75, 3.05) is 24.7 Å². The highest BCUT2D eigenvalue weighted by atomic mass is 79.9. The van der Waals surface area contributed by atoms with Gasteiger partial charge in [0.15, 0.2) is 11.4 Å². The van der Waals surface area contributed by atoms with Crippen LogP contribution in [0.25, 0.3) is 5.65 Å². The zero-order valence-corrected chi connectivity index (χ0v) is 23.0. The number of ether oxygens (including phenoxy) is 1. The van der Waals surface area contributed by atoms with Gasteiger partial charge in [-0.05, 0) is 47.1 Å². The van der Waals surface area contributed by atoms with Gasteiger partial charge in [-0.2, -0.15) is 13.5 Å². The van der Waals surface area contributed by atoms with E-state index in [1.165, 1.54) is 18.0 Å². The number of halogens is 3. The lowest BCUT2D eigenvalue weighted by molar-refractivity contribution is -0.157. The molecule has 0 atom stereocenters. The van der Waals surface area contributed by atoms with Gasteiger partial charge in [-0.15, -0.1) is 4.28 Å². The Morgan fingerprint density at radius 1 is 1.23 bits per heavy atom. The number of fused-ring (bicyclic) bond motifs is 1. The molecule has 0 radical (unpaired) electrons. The molecule has 188 valence electrons. The lowest BCUT2D eigenvalue weighted by Gasteiger charge is -2.24. The summed E-state index contributed by atoms with van der Waals surface area (Å²) >= 11 is 16.4. The van der Waals surface area contributed by atoms with Gasteiger partial charge in [0.1, 0.15) is 17.8 Å². The Hall–Kier alpha value is -2.38. The van der Waals surface area contributed by atoms with Crippen molar-refractivity contribution < 1.29 is 27.0 Å². The van der Waals surface area contributed by atoms with Crippen LogP contribution in [0.5, 0.6) is 5.75 Å². The van der Waals surface area contributed by atoms with Crippen molar-refractivity contribution in [3.05, 3.63) is 56.4 Å². The molecule has 2 heterocycles. The Morgan fingerprint density at radius 2 is 1.91 bits per heavy atom. The summed E-state index contributed by atoms with van der Waals surface area (Å²) in [5, 5.41) is 0.922. The third kappa shape index (κ3) is 6.25. The number of amides is 2. The molecule has 0 saturated carbocycles.